The van der Waals surface area contributed by atoms with Gasteiger partial charge in [-0.1, -0.05) is 90.9 Å². The van der Waals surface area contributed by atoms with Crippen LogP contribution in [-0.2, 0) is 38.0 Å². The second kappa shape index (κ2) is 25.5. The molecule has 0 unspecified atom stereocenters. The third kappa shape index (κ3) is 16.0. The summed E-state index contributed by atoms with van der Waals surface area (Å²) in [5.74, 6) is -0.984. The first kappa shape index (κ1) is 44.7. The fraction of sp³-hybridized carbons (Fsp3) is 0.943. The van der Waals surface area contributed by atoms with Crippen molar-refractivity contribution < 1.29 is 73.8 Å². The molecule has 2 saturated heterocycles. The lowest BCUT2D eigenvalue weighted by Crippen LogP contribution is -2.61. The van der Waals surface area contributed by atoms with Gasteiger partial charge in [-0.3, -0.25) is 9.59 Å². The molecule has 50 heavy (non-hydrogen) atoms. The van der Waals surface area contributed by atoms with E-state index in [1.54, 1.807) is 6.92 Å². The fourth-order valence-corrected chi connectivity index (χ4v) is 5.90. The van der Waals surface area contributed by atoms with Gasteiger partial charge in [-0.25, -0.2) is 0 Å². The average Bonchev–Trinajstić information content (AvgIpc) is 3.10. The lowest BCUT2D eigenvalue weighted by Gasteiger charge is -2.42. The van der Waals surface area contributed by atoms with Gasteiger partial charge in [0, 0.05) is 12.8 Å². The summed E-state index contributed by atoms with van der Waals surface area (Å²) in [5, 5.41) is 71.0. The molecule has 11 atom stereocenters. The van der Waals surface area contributed by atoms with Gasteiger partial charge >= 0.3 is 11.9 Å². The summed E-state index contributed by atoms with van der Waals surface area (Å²) in [6, 6.07) is 0. The second-order valence-corrected chi connectivity index (χ2v) is 13.4. The first-order chi connectivity index (χ1) is 24.0. The number of aliphatic hydroxyl groups is 7. The summed E-state index contributed by atoms with van der Waals surface area (Å²) in [7, 11) is 0. The average molecular weight is 725 g/mol. The van der Waals surface area contributed by atoms with E-state index in [2.05, 4.69) is 6.92 Å². The SMILES string of the molecule is CCCCCCCCCCCCCCCC(=O)OC[C@H](CO[C@@H]1O[C@H](CO[C@H]2O[C@H](CO)[C@H](O)[C@H](O)[C@H]2O)[C@H](O)[C@H](O)[C@H]1O)OC(=O)CCC. The van der Waals surface area contributed by atoms with Crippen molar-refractivity contribution in [1.29, 1.82) is 0 Å². The monoisotopic (exact) mass is 724 g/mol. The Kier molecular flexibility index (Phi) is 22.8. The summed E-state index contributed by atoms with van der Waals surface area (Å²) in [5.41, 5.74) is 0. The van der Waals surface area contributed by atoms with E-state index < -0.39 is 92.7 Å². The van der Waals surface area contributed by atoms with Gasteiger partial charge in [-0.2, -0.15) is 0 Å². The highest BCUT2D eigenvalue weighted by molar-refractivity contribution is 5.70. The molecule has 2 aliphatic heterocycles. The van der Waals surface area contributed by atoms with E-state index in [0.717, 1.165) is 19.3 Å². The van der Waals surface area contributed by atoms with E-state index in [1.165, 1.54) is 57.8 Å². The maximum atomic E-state index is 12.4. The molecule has 0 saturated carbocycles. The first-order valence-corrected chi connectivity index (χ1v) is 18.6. The lowest BCUT2D eigenvalue weighted by molar-refractivity contribution is -0.332. The van der Waals surface area contributed by atoms with Crippen LogP contribution in [0.2, 0.25) is 0 Å². The minimum atomic E-state index is -1.75. The Bertz CT molecular complexity index is 907. The number of aliphatic hydroxyl groups excluding tert-OH is 7. The van der Waals surface area contributed by atoms with Crippen LogP contribution >= 0.6 is 0 Å². The van der Waals surface area contributed by atoms with Gasteiger partial charge in [0.1, 0.15) is 55.4 Å². The molecule has 0 bridgehead atoms. The van der Waals surface area contributed by atoms with Crippen molar-refractivity contribution in [3.05, 3.63) is 0 Å². The Morgan fingerprint density at radius 2 is 1.06 bits per heavy atom. The van der Waals surface area contributed by atoms with Crippen LogP contribution < -0.4 is 0 Å². The molecule has 0 aliphatic carbocycles. The largest absolute Gasteiger partial charge is 0.462 e. The molecule has 294 valence electrons. The second-order valence-electron chi connectivity index (χ2n) is 13.4. The van der Waals surface area contributed by atoms with Crippen molar-refractivity contribution in [3.8, 4) is 0 Å². The van der Waals surface area contributed by atoms with Crippen LogP contribution in [0.4, 0.5) is 0 Å². The van der Waals surface area contributed by atoms with Crippen molar-refractivity contribution in [2.24, 2.45) is 0 Å². The van der Waals surface area contributed by atoms with Crippen LogP contribution in [0.3, 0.4) is 0 Å². The molecular formula is C35H64O15. The van der Waals surface area contributed by atoms with Gasteiger partial charge in [0.05, 0.1) is 19.8 Å². The molecule has 0 aromatic heterocycles. The molecule has 7 N–H and O–H groups in total. The molecule has 0 radical (unpaired) electrons. The minimum absolute atomic E-state index is 0.119. The van der Waals surface area contributed by atoms with E-state index in [0.29, 0.717) is 12.8 Å². The number of carbonyl (C=O) groups is 2. The maximum absolute atomic E-state index is 12.4. The summed E-state index contributed by atoms with van der Waals surface area (Å²) < 4.78 is 32.7. The Labute approximate surface area is 296 Å². The summed E-state index contributed by atoms with van der Waals surface area (Å²) >= 11 is 0. The van der Waals surface area contributed by atoms with E-state index >= 15 is 0 Å². The van der Waals surface area contributed by atoms with Gasteiger partial charge in [-0.05, 0) is 12.8 Å². The van der Waals surface area contributed by atoms with E-state index in [-0.39, 0.29) is 26.1 Å². The number of unbranched alkanes of at least 4 members (excludes halogenated alkanes) is 12. The molecule has 0 aromatic carbocycles. The molecule has 15 nitrogen and oxygen atoms in total. The number of rotatable bonds is 26. The van der Waals surface area contributed by atoms with Crippen LogP contribution in [0.15, 0.2) is 0 Å². The minimum Gasteiger partial charge on any atom is -0.462 e. The van der Waals surface area contributed by atoms with Gasteiger partial charge in [0.15, 0.2) is 18.7 Å². The Balaban J connectivity index is 1.77. The molecule has 15 heteroatoms. The Hall–Kier alpha value is -1.50. The molecular weight excluding hydrogens is 660 g/mol. The number of hydrogen-bond acceptors (Lipinski definition) is 15. The molecule has 2 heterocycles. The van der Waals surface area contributed by atoms with Crippen molar-refractivity contribution in [2.75, 3.05) is 26.4 Å². The molecule has 0 spiro atoms. The number of carbonyl (C=O) groups excluding carboxylic acids is 2. The number of hydrogen-bond donors (Lipinski definition) is 7. The van der Waals surface area contributed by atoms with E-state index in [4.69, 9.17) is 28.4 Å². The van der Waals surface area contributed by atoms with Crippen LogP contribution in [0.5, 0.6) is 0 Å². The van der Waals surface area contributed by atoms with Crippen molar-refractivity contribution in [3.63, 3.8) is 0 Å². The zero-order chi connectivity index (χ0) is 36.9. The first-order valence-electron chi connectivity index (χ1n) is 18.6. The van der Waals surface area contributed by atoms with Crippen LogP contribution in [0, 0.1) is 0 Å². The normalized spacial score (nSPS) is 30.6. The third-order valence-corrected chi connectivity index (χ3v) is 9.06. The lowest BCUT2D eigenvalue weighted by atomic mass is 9.98. The smallest absolute Gasteiger partial charge is 0.306 e. The quantitative estimate of drug-likeness (QED) is 0.0493. The molecule has 2 fully saturated rings. The van der Waals surface area contributed by atoms with Gasteiger partial charge in [0.25, 0.3) is 0 Å². The summed E-state index contributed by atoms with van der Waals surface area (Å²) in [6.07, 6.45) is -0.538. The predicted octanol–water partition coefficient (Wildman–Crippen LogP) is 1.36. The zero-order valence-electron chi connectivity index (χ0n) is 29.9. The van der Waals surface area contributed by atoms with E-state index in [9.17, 15) is 45.3 Å². The fourth-order valence-electron chi connectivity index (χ4n) is 5.90. The Morgan fingerprint density at radius 1 is 0.560 bits per heavy atom. The molecule has 2 aliphatic rings. The summed E-state index contributed by atoms with van der Waals surface area (Å²) in [6.45, 7) is 2.14. The van der Waals surface area contributed by atoms with Gasteiger partial charge in [0.2, 0.25) is 0 Å². The standard InChI is InChI=1S/C35H64O15/c1-3-5-6-7-8-9-10-11-12-13-14-15-16-18-26(37)45-20-23(48-27(38)17-4-2)21-46-34-33(44)31(42)29(40)25(50-34)22-47-35-32(43)30(41)28(39)24(19-36)49-35/h23-25,28-36,39-44H,3-22H2,1-2H3/t23-,24-,25-,28+,29+,30+,31+,32-,33-,34-,35+/m1/s1. The highest BCUT2D eigenvalue weighted by Crippen LogP contribution is 2.26. The zero-order valence-corrected chi connectivity index (χ0v) is 29.9. The van der Waals surface area contributed by atoms with Crippen LogP contribution in [0.1, 0.15) is 117 Å². The topological polar surface area (TPSA) is 231 Å². The van der Waals surface area contributed by atoms with Crippen LogP contribution in [0.25, 0.3) is 0 Å². The van der Waals surface area contributed by atoms with Crippen molar-refractivity contribution in [2.45, 2.75) is 184 Å². The highest BCUT2D eigenvalue weighted by Gasteiger charge is 2.47. The Morgan fingerprint density at radius 3 is 1.60 bits per heavy atom. The van der Waals surface area contributed by atoms with Gasteiger partial charge < -0.3 is 64.2 Å². The maximum Gasteiger partial charge on any atom is 0.306 e. The van der Waals surface area contributed by atoms with Crippen LogP contribution in [-0.4, -0.2) is 142 Å². The van der Waals surface area contributed by atoms with Crippen molar-refractivity contribution in [1.82, 2.24) is 0 Å². The molecule has 0 amide bonds. The van der Waals surface area contributed by atoms with E-state index in [1.807, 2.05) is 0 Å². The number of ether oxygens (including phenoxy) is 6. The van der Waals surface area contributed by atoms with Gasteiger partial charge in [-0.15, -0.1) is 0 Å². The van der Waals surface area contributed by atoms with Crippen molar-refractivity contribution >= 4 is 11.9 Å². The molecule has 2 rings (SSSR count). The summed E-state index contributed by atoms with van der Waals surface area (Å²) in [4.78, 5) is 24.7. The predicted molar refractivity (Wildman–Crippen MR) is 178 cm³/mol. The number of esters is 2. The molecule has 0 aromatic rings. The highest BCUT2D eigenvalue weighted by atomic mass is 16.7. The third-order valence-electron chi connectivity index (χ3n) is 9.06.